The molecule has 2 N–H and O–H groups in total. The molecule has 1 saturated heterocycles. The van der Waals surface area contributed by atoms with Crippen molar-refractivity contribution in [1.82, 2.24) is 14.9 Å². The third-order valence-electron chi connectivity index (χ3n) is 4.09. The van der Waals surface area contributed by atoms with E-state index in [9.17, 15) is 0 Å². The highest BCUT2D eigenvalue weighted by Crippen LogP contribution is 2.17. The van der Waals surface area contributed by atoms with Crippen LogP contribution in [0.4, 0.5) is 5.95 Å². The molecule has 1 fully saturated rings. The zero-order valence-corrected chi connectivity index (χ0v) is 18.1. The van der Waals surface area contributed by atoms with Crippen molar-refractivity contribution in [3.05, 3.63) is 48.3 Å². The van der Waals surface area contributed by atoms with E-state index in [1.54, 1.807) is 12.4 Å². The minimum atomic E-state index is 0. The van der Waals surface area contributed by atoms with E-state index >= 15 is 0 Å². The minimum absolute atomic E-state index is 0. The summed E-state index contributed by atoms with van der Waals surface area (Å²) < 4.78 is 0. The number of aryl methyl sites for hydroxylation is 1. The molecule has 1 aromatic carbocycles. The largest absolute Gasteiger partial charge is 0.370 e. The lowest BCUT2D eigenvalue weighted by Gasteiger charge is -2.35. The van der Waals surface area contributed by atoms with Crippen molar-refractivity contribution in [2.75, 3.05) is 43.4 Å². The summed E-state index contributed by atoms with van der Waals surface area (Å²) >= 11 is 1.81. The lowest BCUT2D eigenvalue weighted by molar-refractivity contribution is 0.378. The summed E-state index contributed by atoms with van der Waals surface area (Å²) in [5.41, 5.74) is 7.43. The predicted octanol–water partition coefficient (Wildman–Crippen LogP) is 2.63. The molecule has 0 atom stereocenters. The monoisotopic (exact) mass is 484 g/mol. The van der Waals surface area contributed by atoms with Crippen molar-refractivity contribution >= 4 is 47.6 Å². The predicted molar refractivity (Wildman–Crippen MR) is 120 cm³/mol. The molecule has 1 aromatic heterocycles. The fraction of sp³-hybridized carbons (Fsp3) is 0.389. The highest BCUT2D eigenvalue weighted by molar-refractivity contribution is 14.0. The van der Waals surface area contributed by atoms with Crippen molar-refractivity contribution in [3.63, 3.8) is 0 Å². The van der Waals surface area contributed by atoms with Gasteiger partial charge in [-0.1, -0.05) is 17.7 Å². The number of nitrogens with two attached hydrogens (primary N) is 1. The Bertz CT molecular complexity index is 687. The molecule has 0 unspecified atom stereocenters. The number of rotatable bonds is 5. The number of anilines is 1. The summed E-state index contributed by atoms with van der Waals surface area (Å²) in [5.74, 6) is 2.35. The van der Waals surface area contributed by atoms with Gasteiger partial charge in [-0.3, -0.25) is 4.99 Å². The standard InChI is InChI=1S/C18H24N6S.HI/c1-15-3-5-16(6-4-15)25-14-9-20-17(19)23-10-12-24(13-11-23)18-21-7-2-8-22-18;/h2-8H,9-14H2,1H3,(H2,19,20);1H. The van der Waals surface area contributed by atoms with Gasteiger partial charge in [0.05, 0.1) is 6.54 Å². The quantitative estimate of drug-likeness (QED) is 0.231. The van der Waals surface area contributed by atoms with E-state index in [1.807, 2.05) is 17.8 Å². The highest BCUT2D eigenvalue weighted by atomic mass is 127. The van der Waals surface area contributed by atoms with Gasteiger partial charge in [0.25, 0.3) is 0 Å². The number of piperazine rings is 1. The van der Waals surface area contributed by atoms with Crippen LogP contribution < -0.4 is 10.6 Å². The molecule has 1 aliphatic rings. The Balaban J connectivity index is 0.00000243. The SMILES string of the molecule is Cc1ccc(SCCN=C(N)N2CCN(c3ncccn3)CC2)cc1.I. The van der Waals surface area contributed by atoms with Crippen LogP contribution in [0.1, 0.15) is 5.56 Å². The van der Waals surface area contributed by atoms with Crippen molar-refractivity contribution in [2.45, 2.75) is 11.8 Å². The van der Waals surface area contributed by atoms with Crippen LogP contribution in [0.15, 0.2) is 52.6 Å². The topological polar surface area (TPSA) is 70.6 Å². The maximum absolute atomic E-state index is 6.15. The molecule has 1 aliphatic heterocycles. The van der Waals surface area contributed by atoms with Crippen LogP contribution in [0, 0.1) is 6.92 Å². The number of halogens is 1. The Kier molecular flexibility index (Phi) is 8.43. The number of aliphatic imine (C=N–C) groups is 1. The third-order valence-corrected chi connectivity index (χ3v) is 5.09. The van der Waals surface area contributed by atoms with Crippen LogP contribution in [0.2, 0.25) is 0 Å². The normalized spacial score (nSPS) is 14.9. The lowest BCUT2D eigenvalue weighted by atomic mass is 10.2. The summed E-state index contributed by atoms with van der Waals surface area (Å²) in [5, 5.41) is 0. The molecule has 0 spiro atoms. The van der Waals surface area contributed by atoms with E-state index in [4.69, 9.17) is 5.73 Å². The molecular formula is C18H25IN6S. The molecule has 8 heteroatoms. The summed E-state index contributed by atoms with van der Waals surface area (Å²) in [6, 6.07) is 10.4. The van der Waals surface area contributed by atoms with E-state index in [1.165, 1.54) is 10.5 Å². The van der Waals surface area contributed by atoms with Gasteiger partial charge in [0.2, 0.25) is 5.95 Å². The van der Waals surface area contributed by atoms with Crippen molar-refractivity contribution in [2.24, 2.45) is 10.7 Å². The second kappa shape index (κ2) is 10.6. The maximum Gasteiger partial charge on any atom is 0.225 e. The molecule has 2 heterocycles. The number of hydrogen-bond acceptors (Lipinski definition) is 5. The van der Waals surface area contributed by atoms with E-state index in [-0.39, 0.29) is 24.0 Å². The first kappa shape index (κ1) is 20.8. The summed E-state index contributed by atoms with van der Waals surface area (Å²) in [7, 11) is 0. The number of benzene rings is 1. The number of guanidine groups is 1. The van der Waals surface area contributed by atoms with E-state index in [0.29, 0.717) is 5.96 Å². The molecule has 140 valence electrons. The summed E-state index contributed by atoms with van der Waals surface area (Å²) in [4.78, 5) is 18.7. The first-order valence-corrected chi connectivity index (χ1v) is 9.47. The van der Waals surface area contributed by atoms with Crippen molar-refractivity contribution in [3.8, 4) is 0 Å². The van der Waals surface area contributed by atoms with Crippen LogP contribution in [0.3, 0.4) is 0 Å². The first-order chi connectivity index (χ1) is 12.2. The van der Waals surface area contributed by atoms with Crippen LogP contribution in [-0.2, 0) is 0 Å². The molecule has 0 amide bonds. The van der Waals surface area contributed by atoms with Gasteiger partial charge < -0.3 is 15.5 Å². The Morgan fingerprint density at radius 2 is 1.77 bits per heavy atom. The molecule has 3 rings (SSSR count). The average Bonchev–Trinajstić information content (AvgIpc) is 2.67. The first-order valence-electron chi connectivity index (χ1n) is 8.49. The third kappa shape index (κ3) is 6.01. The highest BCUT2D eigenvalue weighted by Gasteiger charge is 2.19. The minimum Gasteiger partial charge on any atom is -0.370 e. The smallest absolute Gasteiger partial charge is 0.225 e. The summed E-state index contributed by atoms with van der Waals surface area (Å²) in [6.07, 6.45) is 3.55. The second-order valence-corrected chi connectivity index (χ2v) is 7.09. The van der Waals surface area contributed by atoms with Gasteiger partial charge in [0.15, 0.2) is 5.96 Å². The van der Waals surface area contributed by atoms with E-state index in [2.05, 4.69) is 55.9 Å². The molecule has 26 heavy (non-hydrogen) atoms. The van der Waals surface area contributed by atoms with Crippen LogP contribution in [0.25, 0.3) is 0 Å². The van der Waals surface area contributed by atoms with Gasteiger partial charge in [0, 0.05) is 49.2 Å². The van der Waals surface area contributed by atoms with Crippen molar-refractivity contribution in [1.29, 1.82) is 0 Å². The number of aromatic nitrogens is 2. The average molecular weight is 484 g/mol. The summed E-state index contributed by atoms with van der Waals surface area (Å²) in [6.45, 7) is 6.24. The van der Waals surface area contributed by atoms with E-state index < -0.39 is 0 Å². The number of hydrogen-bond donors (Lipinski definition) is 1. The Labute approximate surface area is 176 Å². The van der Waals surface area contributed by atoms with Gasteiger partial charge in [-0.05, 0) is 25.1 Å². The van der Waals surface area contributed by atoms with Crippen LogP contribution in [0.5, 0.6) is 0 Å². The molecule has 6 nitrogen and oxygen atoms in total. The van der Waals surface area contributed by atoms with Crippen molar-refractivity contribution < 1.29 is 0 Å². The van der Waals surface area contributed by atoms with Gasteiger partial charge >= 0.3 is 0 Å². The molecule has 0 radical (unpaired) electrons. The fourth-order valence-corrected chi connectivity index (χ4v) is 3.40. The molecule has 0 bridgehead atoms. The fourth-order valence-electron chi connectivity index (χ4n) is 2.65. The maximum atomic E-state index is 6.15. The lowest BCUT2D eigenvalue weighted by Crippen LogP contribution is -2.51. The molecule has 0 aliphatic carbocycles. The van der Waals surface area contributed by atoms with E-state index in [0.717, 1.165) is 44.4 Å². The number of thioether (sulfide) groups is 1. The van der Waals surface area contributed by atoms with Crippen LogP contribution in [-0.4, -0.2) is 59.3 Å². The van der Waals surface area contributed by atoms with Gasteiger partial charge in [-0.25, -0.2) is 9.97 Å². The van der Waals surface area contributed by atoms with Gasteiger partial charge in [-0.15, -0.1) is 35.7 Å². The zero-order valence-electron chi connectivity index (χ0n) is 14.9. The Morgan fingerprint density at radius 3 is 2.42 bits per heavy atom. The van der Waals surface area contributed by atoms with Gasteiger partial charge in [-0.2, -0.15) is 0 Å². The Hall–Kier alpha value is -1.55. The zero-order chi connectivity index (χ0) is 17.5. The molecule has 2 aromatic rings. The van der Waals surface area contributed by atoms with Gasteiger partial charge in [0.1, 0.15) is 0 Å². The molecule has 0 saturated carbocycles. The second-order valence-electron chi connectivity index (χ2n) is 5.92. The Morgan fingerprint density at radius 1 is 1.12 bits per heavy atom. The molecular weight excluding hydrogens is 459 g/mol. The van der Waals surface area contributed by atoms with Crippen LogP contribution >= 0.6 is 35.7 Å². The number of nitrogens with zero attached hydrogens (tertiary/aromatic N) is 5.